The maximum Gasteiger partial charge on any atom is 0.340 e. The predicted molar refractivity (Wildman–Crippen MR) is 112 cm³/mol. The number of hydrogen-bond donors (Lipinski definition) is 0. The van der Waals surface area contributed by atoms with E-state index in [1.54, 1.807) is 34.3 Å². The Bertz CT molecular complexity index is 1030. The summed E-state index contributed by atoms with van der Waals surface area (Å²) in [7, 11) is 4.72. The van der Waals surface area contributed by atoms with E-state index < -0.39 is 5.97 Å². The summed E-state index contributed by atoms with van der Waals surface area (Å²) in [6.07, 6.45) is 0. The van der Waals surface area contributed by atoms with E-state index in [2.05, 4.69) is 4.98 Å². The van der Waals surface area contributed by atoms with Crippen molar-refractivity contribution in [3.05, 3.63) is 47.7 Å². The lowest BCUT2D eigenvalue weighted by Gasteiger charge is -2.17. The van der Waals surface area contributed by atoms with Crippen LogP contribution in [-0.2, 0) is 10.6 Å². The van der Waals surface area contributed by atoms with Crippen LogP contribution in [0.2, 0.25) is 0 Å². The molecular formula is C22H22ClNO5. The van der Waals surface area contributed by atoms with E-state index in [1.807, 2.05) is 30.3 Å². The van der Waals surface area contributed by atoms with Gasteiger partial charge in [0.2, 0.25) is 0 Å². The Morgan fingerprint density at radius 1 is 1.00 bits per heavy atom. The smallest absolute Gasteiger partial charge is 0.340 e. The van der Waals surface area contributed by atoms with Gasteiger partial charge >= 0.3 is 5.97 Å². The van der Waals surface area contributed by atoms with Crippen molar-refractivity contribution < 1.29 is 23.7 Å². The number of rotatable bonds is 7. The second-order valence-electron chi connectivity index (χ2n) is 6.12. The Kier molecular flexibility index (Phi) is 6.44. The zero-order valence-electron chi connectivity index (χ0n) is 16.7. The molecule has 0 saturated heterocycles. The molecule has 29 heavy (non-hydrogen) atoms. The topological polar surface area (TPSA) is 66.9 Å². The molecule has 0 aliphatic rings. The van der Waals surface area contributed by atoms with Crippen molar-refractivity contribution in [1.82, 2.24) is 4.98 Å². The Labute approximate surface area is 174 Å². The molecule has 0 fully saturated rings. The van der Waals surface area contributed by atoms with Crippen LogP contribution in [0.1, 0.15) is 23.0 Å². The number of pyridine rings is 1. The molecule has 0 N–H and O–H groups in total. The molecule has 1 heterocycles. The summed E-state index contributed by atoms with van der Waals surface area (Å²) in [6, 6.07) is 11.0. The number of methoxy groups -OCH3 is 3. The number of halogens is 1. The molecule has 0 aliphatic carbocycles. The third-order valence-corrected chi connectivity index (χ3v) is 4.80. The van der Waals surface area contributed by atoms with Crippen molar-refractivity contribution in [2.24, 2.45) is 0 Å². The minimum Gasteiger partial charge on any atom is -0.497 e. The zero-order valence-corrected chi connectivity index (χ0v) is 17.5. The van der Waals surface area contributed by atoms with Crippen LogP contribution in [0.25, 0.3) is 22.0 Å². The molecule has 0 amide bonds. The van der Waals surface area contributed by atoms with Crippen molar-refractivity contribution in [3.8, 4) is 28.4 Å². The molecule has 2 aromatic carbocycles. The molecule has 0 unspecified atom stereocenters. The van der Waals surface area contributed by atoms with Gasteiger partial charge in [-0.2, -0.15) is 0 Å². The highest BCUT2D eigenvalue weighted by Gasteiger charge is 2.24. The largest absolute Gasteiger partial charge is 0.497 e. The molecule has 1 aromatic heterocycles. The summed E-state index contributed by atoms with van der Waals surface area (Å²) < 4.78 is 21.4. The second-order valence-corrected chi connectivity index (χ2v) is 6.38. The molecule has 152 valence electrons. The molecule has 7 heteroatoms. The van der Waals surface area contributed by atoms with Crippen molar-refractivity contribution in [2.45, 2.75) is 12.8 Å². The number of benzene rings is 2. The van der Waals surface area contributed by atoms with Crippen molar-refractivity contribution in [1.29, 1.82) is 0 Å². The number of hydrogen-bond acceptors (Lipinski definition) is 6. The van der Waals surface area contributed by atoms with Gasteiger partial charge in [-0.3, -0.25) is 4.98 Å². The fourth-order valence-electron chi connectivity index (χ4n) is 3.22. The average molecular weight is 416 g/mol. The number of nitrogens with zero attached hydrogens (tertiary/aromatic N) is 1. The summed E-state index contributed by atoms with van der Waals surface area (Å²) in [5.74, 6) is 1.36. The Morgan fingerprint density at radius 2 is 1.66 bits per heavy atom. The third kappa shape index (κ3) is 3.93. The van der Waals surface area contributed by atoms with Crippen molar-refractivity contribution in [2.75, 3.05) is 27.9 Å². The van der Waals surface area contributed by atoms with Crippen LogP contribution >= 0.6 is 11.6 Å². The van der Waals surface area contributed by atoms with E-state index in [0.717, 1.165) is 10.9 Å². The van der Waals surface area contributed by atoms with Crippen molar-refractivity contribution in [3.63, 3.8) is 0 Å². The minimum atomic E-state index is -0.474. The zero-order chi connectivity index (χ0) is 21.0. The number of carbonyl (C=O) groups is 1. The molecule has 0 aliphatic heterocycles. The lowest BCUT2D eigenvalue weighted by molar-refractivity contribution is 0.0526. The summed E-state index contributed by atoms with van der Waals surface area (Å²) >= 11 is 6.17. The van der Waals surface area contributed by atoms with Gasteiger partial charge in [-0.05, 0) is 30.7 Å². The number of esters is 1. The van der Waals surface area contributed by atoms with E-state index in [4.69, 9.17) is 30.5 Å². The molecule has 3 rings (SSSR count). The van der Waals surface area contributed by atoms with Gasteiger partial charge in [-0.15, -0.1) is 11.6 Å². The van der Waals surface area contributed by atoms with Crippen LogP contribution in [0.4, 0.5) is 0 Å². The monoisotopic (exact) mass is 415 g/mol. The molecule has 3 aromatic rings. The normalized spacial score (nSPS) is 10.7. The standard InChI is InChI=1S/C22H22ClNO5/c1-5-29-22(25)21-17(12-23)24-16-11-19(28-4)18(27-3)10-15(16)20(21)13-6-8-14(26-2)9-7-13/h6-11H,5,12H2,1-4H3. The molecule has 0 atom stereocenters. The first kappa shape index (κ1) is 20.7. The quantitative estimate of drug-likeness (QED) is 0.406. The lowest BCUT2D eigenvalue weighted by Crippen LogP contribution is -2.12. The minimum absolute atomic E-state index is 0.0571. The predicted octanol–water partition coefficient (Wildman–Crippen LogP) is 4.84. The third-order valence-electron chi connectivity index (χ3n) is 4.55. The van der Waals surface area contributed by atoms with E-state index in [1.165, 1.54) is 0 Å². The van der Waals surface area contributed by atoms with Crippen LogP contribution in [0, 0.1) is 0 Å². The van der Waals surface area contributed by atoms with E-state index >= 15 is 0 Å². The van der Waals surface area contributed by atoms with Crippen LogP contribution in [0.15, 0.2) is 36.4 Å². The van der Waals surface area contributed by atoms with Gasteiger partial charge < -0.3 is 18.9 Å². The summed E-state index contributed by atoms with van der Waals surface area (Å²) in [5, 5.41) is 0.727. The van der Waals surface area contributed by atoms with Crippen LogP contribution < -0.4 is 14.2 Å². The maximum absolute atomic E-state index is 12.9. The van der Waals surface area contributed by atoms with Gasteiger partial charge in [0.15, 0.2) is 11.5 Å². The highest BCUT2D eigenvalue weighted by Crippen LogP contribution is 2.40. The van der Waals surface area contributed by atoms with Gasteiger partial charge in [0, 0.05) is 17.0 Å². The number of alkyl halides is 1. The molecule has 0 radical (unpaired) electrons. The fourth-order valence-corrected chi connectivity index (χ4v) is 3.41. The SMILES string of the molecule is CCOC(=O)c1c(CCl)nc2cc(OC)c(OC)cc2c1-c1ccc(OC)cc1. The Morgan fingerprint density at radius 3 is 2.21 bits per heavy atom. The van der Waals surface area contributed by atoms with E-state index in [9.17, 15) is 4.79 Å². The number of ether oxygens (including phenoxy) is 4. The van der Waals surface area contributed by atoms with Gasteiger partial charge in [-0.25, -0.2) is 4.79 Å². The Balaban J connectivity index is 2.42. The van der Waals surface area contributed by atoms with Gasteiger partial charge in [-0.1, -0.05) is 12.1 Å². The maximum atomic E-state index is 12.9. The number of carbonyl (C=O) groups excluding carboxylic acids is 1. The first-order chi connectivity index (χ1) is 14.1. The van der Waals surface area contributed by atoms with Gasteiger partial charge in [0.25, 0.3) is 0 Å². The molecule has 0 spiro atoms. The van der Waals surface area contributed by atoms with E-state index in [-0.39, 0.29) is 12.5 Å². The van der Waals surface area contributed by atoms with Crippen LogP contribution in [0.5, 0.6) is 17.2 Å². The average Bonchev–Trinajstić information content (AvgIpc) is 2.76. The van der Waals surface area contributed by atoms with Crippen LogP contribution in [-0.4, -0.2) is 38.9 Å². The highest BCUT2D eigenvalue weighted by molar-refractivity contribution is 6.18. The van der Waals surface area contributed by atoms with E-state index in [0.29, 0.717) is 39.6 Å². The summed E-state index contributed by atoms with van der Waals surface area (Å²) in [5.41, 5.74) is 2.90. The molecule has 0 saturated carbocycles. The van der Waals surface area contributed by atoms with Crippen molar-refractivity contribution >= 4 is 28.5 Å². The summed E-state index contributed by atoms with van der Waals surface area (Å²) in [6.45, 7) is 2.00. The second kappa shape index (κ2) is 9.01. The van der Waals surface area contributed by atoms with Crippen LogP contribution in [0.3, 0.4) is 0 Å². The fraction of sp³-hybridized carbons (Fsp3) is 0.273. The summed E-state index contributed by atoms with van der Waals surface area (Å²) in [4.78, 5) is 17.5. The molecule has 6 nitrogen and oxygen atoms in total. The molecular weight excluding hydrogens is 394 g/mol. The first-order valence-corrected chi connectivity index (χ1v) is 9.57. The van der Waals surface area contributed by atoms with Gasteiger partial charge in [0.05, 0.1) is 50.6 Å². The lowest BCUT2D eigenvalue weighted by atomic mass is 9.94. The Hall–Kier alpha value is -2.99. The number of aromatic nitrogens is 1. The molecule has 0 bridgehead atoms. The van der Waals surface area contributed by atoms with Gasteiger partial charge in [0.1, 0.15) is 5.75 Å². The number of fused-ring (bicyclic) bond motifs is 1. The first-order valence-electron chi connectivity index (χ1n) is 9.04. The highest BCUT2D eigenvalue weighted by atomic mass is 35.5.